The van der Waals surface area contributed by atoms with Crippen LogP contribution in [0.15, 0.2) is 0 Å². The highest BCUT2D eigenvalue weighted by Crippen LogP contribution is 2.23. The quantitative estimate of drug-likeness (QED) is 0.729. The molecule has 1 fully saturated rings. The minimum Gasteiger partial charge on any atom is -0.465 e. The van der Waals surface area contributed by atoms with Crippen molar-refractivity contribution in [3.63, 3.8) is 0 Å². The summed E-state index contributed by atoms with van der Waals surface area (Å²) in [5, 5.41) is 3.34. The van der Waals surface area contributed by atoms with Crippen molar-refractivity contribution in [2.24, 2.45) is 0 Å². The fourth-order valence-electron chi connectivity index (χ4n) is 2.33. The Kier molecular flexibility index (Phi) is 5.22. The van der Waals surface area contributed by atoms with Gasteiger partial charge in [0.05, 0.1) is 6.61 Å². The monoisotopic (exact) mass is 228 g/mol. The summed E-state index contributed by atoms with van der Waals surface area (Å²) in [5.74, 6) is -0.0767. The van der Waals surface area contributed by atoms with E-state index in [1.807, 2.05) is 13.8 Å². The Morgan fingerprint density at radius 1 is 1.38 bits per heavy atom. The van der Waals surface area contributed by atoms with Gasteiger partial charge in [-0.3, -0.25) is 4.79 Å². The lowest BCUT2D eigenvalue weighted by atomic mass is 9.90. The lowest BCUT2D eigenvalue weighted by molar-refractivity contribution is -0.151. The van der Waals surface area contributed by atoms with E-state index in [1.54, 1.807) is 0 Å². The number of nitrogens with zero attached hydrogens (tertiary/aromatic N) is 1. The van der Waals surface area contributed by atoms with Crippen LogP contribution in [-0.4, -0.2) is 49.7 Å². The number of hydrogen-bond donors (Lipinski definition) is 1. The maximum Gasteiger partial charge on any atom is 0.326 e. The van der Waals surface area contributed by atoms with Gasteiger partial charge < -0.3 is 15.0 Å². The summed E-state index contributed by atoms with van der Waals surface area (Å²) in [7, 11) is 2.10. The third-order valence-electron chi connectivity index (χ3n) is 3.25. The molecule has 1 unspecified atom stereocenters. The van der Waals surface area contributed by atoms with Gasteiger partial charge >= 0.3 is 5.97 Å². The molecule has 0 spiro atoms. The number of carbonyl (C=O) groups excluding carboxylic acids is 1. The van der Waals surface area contributed by atoms with Crippen molar-refractivity contribution >= 4 is 5.97 Å². The van der Waals surface area contributed by atoms with Gasteiger partial charge in [-0.2, -0.15) is 0 Å². The molecular formula is C12H24N2O2. The first-order valence-electron chi connectivity index (χ1n) is 6.25. The Morgan fingerprint density at radius 3 is 2.75 bits per heavy atom. The Balaban J connectivity index is 2.73. The van der Waals surface area contributed by atoms with Gasteiger partial charge in [0.25, 0.3) is 0 Å². The van der Waals surface area contributed by atoms with Crippen molar-refractivity contribution < 1.29 is 9.53 Å². The molecule has 1 saturated heterocycles. The van der Waals surface area contributed by atoms with Crippen LogP contribution in [0, 0.1) is 0 Å². The summed E-state index contributed by atoms with van der Waals surface area (Å²) in [6.45, 7) is 7.18. The summed E-state index contributed by atoms with van der Waals surface area (Å²) in [5.41, 5.74) is -0.449. The number of ether oxygens (including phenoxy) is 1. The van der Waals surface area contributed by atoms with E-state index in [1.165, 1.54) is 0 Å². The van der Waals surface area contributed by atoms with Crippen LogP contribution in [0.25, 0.3) is 0 Å². The van der Waals surface area contributed by atoms with Crippen LogP contribution in [0.3, 0.4) is 0 Å². The van der Waals surface area contributed by atoms with Gasteiger partial charge in [-0.15, -0.1) is 0 Å². The van der Waals surface area contributed by atoms with Gasteiger partial charge in [-0.25, -0.2) is 0 Å². The predicted octanol–water partition coefficient (Wildman–Crippen LogP) is 1.01. The Morgan fingerprint density at radius 2 is 2.12 bits per heavy atom. The van der Waals surface area contributed by atoms with Crippen molar-refractivity contribution in [2.45, 2.75) is 38.6 Å². The van der Waals surface area contributed by atoms with Crippen LogP contribution in [0.1, 0.15) is 33.1 Å². The fraction of sp³-hybridized carbons (Fsp3) is 0.917. The minimum absolute atomic E-state index is 0.0767. The molecule has 0 aromatic heterocycles. The second-order valence-corrected chi connectivity index (χ2v) is 4.49. The van der Waals surface area contributed by atoms with Crippen molar-refractivity contribution in [2.75, 3.05) is 33.3 Å². The number of likely N-dealkylation sites (N-methyl/N-ethyl adjacent to an activating group) is 1. The third-order valence-corrected chi connectivity index (χ3v) is 3.25. The van der Waals surface area contributed by atoms with E-state index in [-0.39, 0.29) is 5.97 Å². The summed E-state index contributed by atoms with van der Waals surface area (Å²) >= 11 is 0. The Hall–Kier alpha value is -0.610. The molecule has 1 N–H and O–H groups in total. The minimum atomic E-state index is -0.449. The second kappa shape index (κ2) is 6.21. The van der Waals surface area contributed by atoms with E-state index in [9.17, 15) is 4.79 Å². The number of likely N-dealkylation sites (tertiary alicyclic amines) is 1. The molecule has 1 heterocycles. The lowest BCUT2D eigenvalue weighted by Gasteiger charge is -2.31. The first-order chi connectivity index (χ1) is 7.64. The zero-order valence-electron chi connectivity index (χ0n) is 10.7. The van der Waals surface area contributed by atoms with Gasteiger partial charge in [-0.05, 0) is 46.3 Å². The summed E-state index contributed by atoms with van der Waals surface area (Å²) < 4.78 is 5.21. The van der Waals surface area contributed by atoms with E-state index in [2.05, 4.69) is 17.3 Å². The van der Waals surface area contributed by atoms with E-state index >= 15 is 0 Å². The van der Waals surface area contributed by atoms with Crippen molar-refractivity contribution in [1.82, 2.24) is 10.2 Å². The van der Waals surface area contributed by atoms with Crippen LogP contribution in [-0.2, 0) is 9.53 Å². The zero-order chi connectivity index (χ0) is 12.0. The van der Waals surface area contributed by atoms with Gasteiger partial charge in [0, 0.05) is 6.54 Å². The van der Waals surface area contributed by atoms with Crippen molar-refractivity contribution in [3.05, 3.63) is 0 Å². The number of carbonyl (C=O) groups is 1. The predicted molar refractivity (Wildman–Crippen MR) is 64.4 cm³/mol. The SMILES string of the molecule is CCNC1(C(=O)OCC)CCCN(C)CC1. The van der Waals surface area contributed by atoms with Crippen LogP contribution < -0.4 is 5.32 Å². The highest BCUT2D eigenvalue weighted by molar-refractivity contribution is 5.81. The van der Waals surface area contributed by atoms with Gasteiger partial charge in [0.2, 0.25) is 0 Å². The standard InChI is InChI=1S/C12H24N2O2/c1-4-13-12(11(15)16-5-2)7-6-9-14(3)10-8-12/h13H,4-10H2,1-3H3. The molecule has 1 rings (SSSR count). The average molecular weight is 228 g/mol. The van der Waals surface area contributed by atoms with Crippen molar-refractivity contribution in [1.29, 1.82) is 0 Å². The Labute approximate surface area is 98.3 Å². The number of rotatable bonds is 4. The van der Waals surface area contributed by atoms with Crippen LogP contribution in [0.5, 0.6) is 0 Å². The molecule has 4 nitrogen and oxygen atoms in total. The number of nitrogens with one attached hydrogen (secondary N) is 1. The largest absolute Gasteiger partial charge is 0.465 e. The normalized spacial score (nSPS) is 27.4. The molecule has 0 amide bonds. The first-order valence-corrected chi connectivity index (χ1v) is 6.25. The Bertz CT molecular complexity index is 233. The van der Waals surface area contributed by atoms with Crippen LogP contribution in [0.2, 0.25) is 0 Å². The van der Waals surface area contributed by atoms with Gasteiger partial charge in [-0.1, -0.05) is 6.92 Å². The molecule has 4 heteroatoms. The molecule has 0 radical (unpaired) electrons. The molecule has 1 aliphatic heterocycles. The fourth-order valence-corrected chi connectivity index (χ4v) is 2.33. The molecule has 0 aliphatic carbocycles. The summed E-state index contributed by atoms with van der Waals surface area (Å²) in [4.78, 5) is 14.3. The molecule has 0 aromatic rings. The molecule has 0 saturated carbocycles. The average Bonchev–Trinajstić information content (AvgIpc) is 2.43. The highest BCUT2D eigenvalue weighted by atomic mass is 16.5. The van der Waals surface area contributed by atoms with E-state index in [0.29, 0.717) is 6.61 Å². The van der Waals surface area contributed by atoms with Crippen LogP contribution >= 0.6 is 0 Å². The van der Waals surface area contributed by atoms with E-state index in [4.69, 9.17) is 4.74 Å². The second-order valence-electron chi connectivity index (χ2n) is 4.49. The summed E-state index contributed by atoms with van der Waals surface area (Å²) in [6.07, 6.45) is 2.77. The van der Waals surface area contributed by atoms with Crippen molar-refractivity contribution in [3.8, 4) is 0 Å². The maximum atomic E-state index is 12.1. The molecule has 1 aliphatic rings. The summed E-state index contributed by atoms with van der Waals surface area (Å²) in [6, 6.07) is 0. The lowest BCUT2D eigenvalue weighted by Crippen LogP contribution is -2.53. The third kappa shape index (κ3) is 3.19. The van der Waals surface area contributed by atoms with E-state index in [0.717, 1.165) is 38.9 Å². The molecule has 0 bridgehead atoms. The smallest absolute Gasteiger partial charge is 0.326 e. The number of hydrogen-bond acceptors (Lipinski definition) is 4. The molecule has 1 atom stereocenters. The zero-order valence-corrected chi connectivity index (χ0v) is 10.7. The number of esters is 1. The molecular weight excluding hydrogens is 204 g/mol. The highest BCUT2D eigenvalue weighted by Gasteiger charge is 2.39. The molecule has 0 aromatic carbocycles. The maximum absolute atomic E-state index is 12.1. The molecule has 94 valence electrons. The van der Waals surface area contributed by atoms with Gasteiger partial charge in [0.1, 0.15) is 5.54 Å². The van der Waals surface area contributed by atoms with Crippen LogP contribution in [0.4, 0.5) is 0 Å². The topological polar surface area (TPSA) is 41.6 Å². The van der Waals surface area contributed by atoms with E-state index < -0.39 is 5.54 Å². The molecule has 16 heavy (non-hydrogen) atoms. The first kappa shape index (κ1) is 13.5. The van der Waals surface area contributed by atoms with Gasteiger partial charge in [0.15, 0.2) is 0 Å².